The van der Waals surface area contributed by atoms with E-state index in [1.807, 2.05) is 29.2 Å². The molecule has 24 heavy (non-hydrogen) atoms. The number of methoxy groups -OCH3 is 1. The number of nitrogens with zero attached hydrogens (tertiary/aromatic N) is 1. The zero-order chi connectivity index (χ0) is 17.5. The fraction of sp³-hybridized carbons (Fsp3) is 0.526. The number of hydrogen-bond donors (Lipinski definition) is 1. The molecule has 2 atom stereocenters. The van der Waals surface area contributed by atoms with Crippen LogP contribution in [0.1, 0.15) is 32.8 Å². The molecule has 1 aliphatic rings. The van der Waals surface area contributed by atoms with Gasteiger partial charge in [0, 0.05) is 31.2 Å². The third-order valence-electron chi connectivity index (χ3n) is 3.94. The molecule has 0 bridgehead atoms. The Morgan fingerprint density at radius 1 is 1.29 bits per heavy atom. The van der Waals surface area contributed by atoms with Crippen molar-refractivity contribution in [3.63, 3.8) is 0 Å². The van der Waals surface area contributed by atoms with Crippen molar-refractivity contribution in [1.29, 1.82) is 0 Å². The maximum Gasteiger partial charge on any atom is 0.246 e. The number of amides is 1. The highest BCUT2D eigenvalue weighted by Gasteiger charge is 2.23. The molecule has 0 radical (unpaired) electrons. The molecule has 1 aliphatic heterocycles. The van der Waals surface area contributed by atoms with Crippen LogP contribution < -0.4 is 14.8 Å². The van der Waals surface area contributed by atoms with Gasteiger partial charge in [-0.1, -0.05) is 13.0 Å². The SMILES string of the molecule is CCCOc1ccc(C=CC(=O)N2CC(C)NC(C)C2)cc1OC. The van der Waals surface area contributed by atoms with E-state index in [4.69, 9.17) is 9.47 Å². The van der Waals surface area contributed by atoms with Gasteiger partial charge in [-0.15, -0.1) is 0 Å². The molecular formula is C19H28N2O3. The number of nitrogens with one attached hydrogen (secondary N) is 1. The van der Waals surface area contributed by atoms with Gasteiger partial charge in [0.15, 0.2) is 11.5 Å². The van der Waals surface area contributed by atoms with Gasteiger partial charge in [-0.25, -0.2) is 0 Å². The first-order valence-corrected chi connectivity index (χ1v) is 8.57. The van der Waals surface area contributed by atoms with Crippen LogP contribution >= 0.6 is 0 Å². The molecule has 1 aromatic rings. The number of carbonyl (C=O) groups is 1. The summed E-state index contributed by atoms with van der Waals surface area (Å²) in [6.45, 7) is 8.39. The molecule has 1 aromatic carbocycles. The number of rotatable bonds is 6. The number of benzene rings is 1. The topological polar surface area (TPSA) is 50.8 Å². The Morgan fingerprint density at radius 2 is 2.00 bits per heavy atom. The van der Waals surface area contributed by atoms with E-state index in [0.717, 1.165) is 30.8 Å². The smallest absolute Gasteiger partial charge is 0.246 e. The number of ether oxygens (including phenoxy) is 2. The minimum absolute atomic E-state index is 0.0421. The third kappa shape index (κ3) is 4.99. The minimum atomic E-state index is 0.0421. The summed E-state index contributed by atoms with van der Waals surface area (Å²) in [5.41, 5.74) is 0.917. The Labute approximate surface area is 144 Å². The van der Waals surface area contributed by atoms with Gasteiger partial charge in [-0.2, -0.15) is 0 Å². The van der Waals surface area contributed by atoms with Gasteiger partial charge in [0.05, 0.1) is 13.7 Å². The van der Waals surface area contributed by atoms with Crippen molar-refractivity contribution >= 4 is 12.0 Å². The van der Waals surface area contributed by atoms with Crippen molar-refractivity contribution in [2.24, 2.45) is 0 Å². The normalized spacial score (nSPS) is 21.1. The first-order valence-electron chi connectivity index (χ1n) is 8.57. The Morgan fingerprint density at radius 3 is 2.62 bits per heavy atom. The van der Waals surface area contributed by atoms with Crippen LogP contribution in [0.3, 0.4) is 0 Å². The summed E-state index contributed by atoms with van der Waals surface area (Å²) in [6, 6.07) is 6.34. The molecule has 1 N–H and O–H groups in total. The summed E-state index contributed by atoms with van der Waals surface area (Å²) in [6.07, 6.45) is 4.40. The lowest BCUT2D eigenvalue weighted by Crippen LogP contribution is -2.55. The van der Waals surface area contributed by atoms with Crippen LogP contribution in [0.4, 0.5) is 0 Å². The van der Waals surface area contributed by atoms with E-state index in [1.165, 1.54) is 0 Å². The van der Waals surface area contributed by atoms with Crippen molar-refractivity contribution in [2.75, 3.05) is 26.8 Å². The van der Waals surface area contributed by atoms with Gasteiger partial charge in [0.25, 0.3) is 0 Å². The van der Waals surface area contributed by atoms with Gasteiger partial charge in [0.2, 0.25) is 5.91 Å². The van der Waals surface area contributed by atoms with Crippen molar-refractivity contribution in [2.45, 2.75) is 39.3 Å². The van der Waals surface area contributed by atoms with E-state index in [9.17, 15) is 4.79 Å². The van der Waals surface area contributed by atoms with Crippen LogP contribution in [0.2, 0.25) is 0 Å². The largest absolute Gasteiger partial charge is 0.493 e. The van der Waals surface area contributed by atoms with Gasteiger partial charge in [-0.05, 0) is 44.0 Å². The fourth-order valence-corrected chi connectivity index (χ4v) is 2.90. The number of piperazine rings is 1. The van der Waals surface area contributed by atoms with E-state index < -0.39 is 0 Å². The first kappa shape index (κ1) is 18.3. The van der Waals surface area contributed by atoms with Gasteiger partial charge in [0.1, 0.15) is 0 Å². The minimum Gasteiger partial charge on any atom is -0.493 e. The van der Waals surface area contributed by atoms with Gasteiger partial charge < -0.3 is 19.7 Å². The third-order valence-corrected chi connectivity index (χ3v) is 3.94. The van der Waals surface area contributed by atoms with E-state index in [1.54, 1.807) is 13.2 Å². The fourth-order valence-electron chi connectivity index (χ4n) is 2.90. The Bertz CT molecular complexity index is 576. The summed E-state index contributed by atoms with van der Waals surface area (Å²) in [5, 5.41) is 3.43. The monoisotopic (exact) mass is 332 g/mol. The quantitative estimate of drug-likeness (QED) is 0.814. The average Bonchev–Trinajstić information content (AvgIpc) is 2.57. The summed E-state index contributed by atoms with van der Waals surface area (Å²) < 4.78 is 11.0. The second-order valence-electron chi connectivity index (χ2n) is 6.30. The summed E-state index contributed by atoms with van der Waals surface area (Å²) in [4.78, 5) is 14.3. The lowest BCUT2D eigenvalue weighted by atomic mass is 10.1. The molecule has 1 amide bonds. The van der Waals surface area contributed by atoms with Crippen LogP contribution in [0.5, 0.6) is 11.5 Å². The number of hydrogen-bond acceptors (Lipinski definition) is 4. The molecule has 1 heterocycles. The predicted molar refractivity (Wildman–Crippen MR) is 96.5 cm³/mol. The highest BCUT2D eigenvalue weighted by atomic mass is 16.5. The second kappa shape index (κ2) is 8.73. The van der Waals surface area contributed by atoms with Crippen LogP contribution in [0.25, 0.3) is 6.08 Å². The van der Waals surface area contributed by atoms with Crippen LogP contribution in [-0.4, -0.2) is 49.7 Å². The molecule has 0 spiro atoms. The molecule has 0 aromatic heterocycles. The zero-order valence-corrected chi connectivity index (χ0v) is 15.0. The molecule has 132 valence electrons. The van der Waals surface area contributed by atoms with Gasteiger partial charge >= 0.3 is 0 Å². The van der Waals surface area contributed by atoms with Crippen LogP contribution in [0.15, 0.2) is 24.3 Å². The molecule has 0 aliphatic carbocycles. The maximum absolute atomic E-state index is 12.4. The van der Waals surface area contributed by atoms with E-state index in [0.29, 0.717) is 24.4 Å². The van der Waals surface area contributed by atoms with Crippen molar-refractivity contribution < 1.29 is 14.3 Å². The summed E-state index contributed by atoms with van der Waals surface area (Å²) in [7, 11) is 1.62. The van der Waals surface area contributed by atoms with Crippen molar-refractivity contribution in [1.82, 2.24) is 10.2 Å². The highest BCUT2D eigenvalue weighted by molar-refractivity contribution is 5.92. The molecule has 5 nitrogen and oxygen atoms in total. The molecule has 1 fully saturated rings. The van der Waals surface area contributed by atoms with Crippen LogP contribution in [-0.2, 0) is 4.79 Å². The summed E-state index contributed by atoms with van der Waals surface area (Å²) in [5.74, 6) is 1.45. The van der Waals surface area contributed by atoms with E-state index >= 15 is 0 Å². The molecule has 1 saturated heterocycles. The van der Waals surface area contributed by atoms with Crippen LogP contribution in [0, 0.1) is 0 Å². The lowest BCUT2D eigenvalue weighted by molar-refractivity contribution is -0.127. The standard InChI is InChI=1S/C19H28N2O3/c1-5-10-24-17-8-6-16(11-18(17)23-4)7-9-19(22)21-12-14(2)20-15(3)13-21/h6-9,11,14-15,20H,5,10,12-13H2,1-4H3. The lowest BCUT2D eigenvalue weighted by Gasteiger charge is -2.35. The molecule has 0 saturated carbocycles. The second-order valence-corrected chi connectivity index (χ2v) is 6.30. The van der Waals surface area contributed by atoms with Gasteiger partial charge in [-0.3, -0.25) is 4.79 Å². The molecular weight excluding hydrogens is 304 g/mol. The molecule has 5 heteroatoms. The average molecular weight is 332 g/mol. The molecule has 2 rings (SSSR count). The molecule has 2 unspecified atom stereocenters. The Kier molecular flexibility index (Phi) is 6.67. The summed E-state index contributed by atoms with van der Waals surface area (Å²) >= 11 is 0. The first-order chi connectivity index (χ1) is 11.5. The Hall–Kier alpha value is -2.01. The predicted octanol–water partition coefficient (Wildman–Crippen LogP) is 2.71. The number of carbonyl (C=O) groups excluding carboxylic acids is 1. The highest BCUT2D eigenvalue weighted by Crippen LogP contribution is 2.28. The van der Waals surface area contributed by atoms with Crippen molar-refractivity contribution in [3.8, 4) is 11.5 Å². The van der Waals surface area contributed by atoms with E-state index in [2.05, 4.69) is 26.1 Å². The van der Waals surface area contributed by atoms with Crippen molar-refractivity contribution in [3.05, 3.63) is 29.8 Å². The Balaban J connectivity index is 2.04. The maximum atomic E-state index is 12.4. The zero-order valence-electron chi connectivity index (χ0n) is 15.0. The van der Waals surface area contributed by atoms with E-state index in [-0.39, 0.29) is 5.91 Å².